The quantitative estimate of drug-likeness (QED) is 0.558. The van der Waals surface area contributed by atoms with Gasteiger partial charge in [0.05, 0.1) is 0 Å². The second-order valence-corrected chi connectivity index (χ2v) is 3.60. The summed E-state index contributed by atoms with van der Waals surface area (Å²) in [5.41, 5.74) is 1.07. The maximum Gasteiger partial charge on any atom is 0.0379 e. The van der Waals surface area contributed by atoms with Crippen molar-refractivity contribution < 1.29 is 0 Å². The number of rotatable bonds is 0. The van der Waals surface area contributed by atoms with Gasteiger partial charge in [-0.3, -0.25) is 4.98 Å². The monoisotopic (exact) mass is 175 g/mol. The molecule has 12 heavy (non-hydrogen) atoms. The molecule has 0 radical (unpaired) electrons. The van der Waals surface area contributed by atoms with Gasteiger partial charge >= 0.3 is 0 Å². The number of nitrogens with zero attached hydrogens (tertiary/aromatic N) is 1. The molecule has 0 N–H and O–H groups in total. The molecule has 0 bridgehead atoms. The molecule has 0 saturated heterocycles. The molecule has 1 unspecified atom stereocenters. The molecule has 0 aliphatic rings. The van der Waals surface area contributed by atoms with Crippen LogP contribution in [0.1, 0.15) is 5.69 Å². The van der Waals surface area contributed by atoms with Crippen LogP contribution in [0.5, 0.6) is 0 Å². The summed E-state index contributed by atoms with van der Waals surface area (Å²) in [6, 6.07) is 8.42. The zero-order chi connectivity index (χ0) is 8.55. The number of aryl methyl sites for hydroxylation is 1. The van der Waals surface area contributed by atoms with Crippen LogP contribution in [-0.4, -0.2) is 4.98 Å². The van der Waals surface area contributed by atoms with Crippen molar-refractivity contribution in [3.8, 4) is 0 Å². The molecule has 60 valence electrons. The van der Waals surface area contributed by atoms with Gasteiger partial charge in [0, 0.05) is 17.3 Å². The van der Waals surface area contributed by atoms with E-state index in [2.05, 4.69) is 38.5 Å². The van der Waals surface area contributed by atoms with Crippen LogP contribution in [0.15, 0.2) is 30.5 Å². The van der Waals surface area contributed by atoms with Gasteiger partial charge in [0.25, 0.3) is 0 Å². The standard InChI is InChI=1S/C10H10NP/c1-7-4-8-2-3-10(12)5-9(8)6-11-7/h2-6H,12H2,1H3. The van der Waals surface area contributed by atoms with Crippen LogP contribution in [0.25, 0.3) is 10.8 Å². The molecular formula is C10H10NP. The molecule has 1 aromatic carbocycles. The topological polar surface area (TPSA) is 12.9 Å². The van der Waals surface area contributed by atoms with E-state index in [0.29, 0.717) is 0 Å². The number of pyridine rings is 1. The minimum atomic E-state index is 1.07. The van der Waals surface area contributed by atoms with Crippen molar-refractivity contribution in [2.24, 2.45) is 0 Å². The van der Waals surface area contributed by atoms with Crippen LogP contribution in [0.3, 0.4) is 0 Å². The average Bonchev–Trinajstić information content (AvgIpc) is 2.05. The molecule has 2 rings (SSSR count). The maximum absolute atomic E-state index is 4.24. The first-order chi connectivity index (χ1) is 5.75. The van der Waals surface area contributed by atoms with Crippen molar-refractivity contribution in [3.05, 3.63) is 36.2 Å². The highest BCUT2D eigenvalue weighted by molar-refractivity contribution is 7.27. The molecule has 1 atom stereocenters. The van der Waals surface area contributed by atoms with Crippen molar-refractivity contribution in [2.75, 3.05) is 0 Å². The van der Waals surface area contributed by atoms with Gasteiger partial charge in [-0.2, -0.15) is 0 Å². The second kappa shape index (κ2) is 2.84. The third kappa shape index (κ3) is 1.33. The largest absolute Gasteiger partial charge is 0.261 e. The smallest absolute Gasteiger partial charge is 0.0379 e. The predicted octanol–water partition coefficient (Wildman–Crippen LogP) is 2.04. The summed E-state index contributed by atoms with van der Waals surface area (Å²) in [4.78, 5) is 4.24. The first kappa shape index (κ1) is 7.70. The van der Waals surface area contributed by atoms with E-state index < -0.39 is 0 Å². The molecule has 1 heterocycles. The zero-order valence-corrected chi connectivity index (χ0v) is 8.07. The van der Waals surface area contributed by atoms with E-state index in [1.165, 1.54) is 16.1 Å². The number of fused-ring (bicyclic) bond motifs is 1. The molecule has 1 aromatic heterocycles. The van der Waals surface area contributed by atoms with Crippen molar-refractivity contribution in [3.63, 3.8) is 0 Å². The summed E-state index contributed by atoms with van der Waals surface area (Å²) in [5.74, 6) is 0. The van der Waals surface area contributed by atoms with Gasteiger partial charge in [-0.25, -0.2) is 0 Å². The van der Waals surface area contributed by atoms with Crippen LogP contribution in [-0.2, 0) is 0 Å². The normalized spacial score (nSPS) is 10.5. The Labute approximate surface area is 74.0 Å². The summed E-state index contributed by atoms with van der Waals surface area (Å²) in [7, 11) is 2.69. The molecule has 0 saturated carbocycles. The summed E-state index contributed by atoms with van der Waals surface area (Å²) in [6.07, 6.45) is 1.91. The lowest BCUT2D eigenvalue weighted by atomic mass is 10.1. The molecule has 0 fully saturated rings. The van der Waals surface area contributed by atoms with Crippen molar-refractivity contribution in [2.45, 2.75) is 6.92 Å². The van der Waals surface area contributed by atoms with Gasteiger partial charge < -0.3 is 0 Å². The van der Waals surface area contributed by atoms with Crippen molar-refractivity contribution in [1.82, 2.24) is 4.98 Å². The van der Waals surface area contributed by atoms with Crippen LogP contribution >= 0.6 is 9.24 Å². The lowest BCUT2D eigenvalue weighted by Crippen LogP contribution is -1.89. The van der Waals surface area contributed by atoms with Gasteiger partial charge in [-0.1, -0.05) is 12.1 Å². The van der Waals surface area contributed by atoms with Crippen molar-refractivity contribution >= 4 is 25.3 Å². The Hall–Kier alpha value is -0.940. The fourth-order valence-corrected chi connectivity index (χ4v) is 1.55. The fourth-order valence-electron chi connectivity index (χ4n) is 1.27. The number of benzene rings is 1. The van der Waals surface area contributed by atoms with Crippen LogP contribution in [0.2, 0.25) is 0 Å². The molecular weight excluding hydrogens is 165 g/mol. The fraction of sp³-hybridized carbons (Fsp3) is 0.100. The predicted molar refractivity (Wildman–Crippen MR) is 55.8 cm³/mol. The highest BCUT2D eigenvalue weighted by Crippen LogP contribution is 2.12. The van der Waals surface area contributed by atoms with E-state index in [9.17, 15) is 0 Å². The number of aromatic nitrogens is 1. The summed E-state index contributed by atoms with van der Waals surface area (Å²) in [5, 5.41) is 3.66. The van der Waals surface area contributed by atoms with E-state index >= 15 is 0 Å². The Morgan fingerprint density at radius 1 is 1.17 bits per heavy atom. The molecule has 2 heteroatoms. The molecule has 0 amide bonds. The Morgan fingerprint density at radius 3 is 2.83 bits per heavy atom. The first-order valence-corrected chi connectivity index (χ1v) is 4.45. The Morgan fingerprint density at radius 2 is 2.00 bits per heavy atom. The summed E-state index contributed by atoms with van der Waals surface area (Å²) in [6.45, 7) is 2.01. The highest BCUT2D eigenvalue weighted by Gasteiger charge is 1.93. The SMILES string of the molecule is Cc1cc2ccc(P)cc2cn1. The first-order valence-electron chi connectivity index (χ1n) is 3.87. The minimum Gasteiger partial charge on any atom is -0.261 e. The Bertz CT molecular complexity index is 382. The third-order valence-electron chi connectivity index (χ3n) is 1.88. The Kier molecular flexibility index (Phi) is 1.82. The van der Waals surface area contributed by atoms with Crippen LogP contribution < -0.4 is 5.30 Å². The lowest BCUT2D eigenvalue weighted by molar-refractivity contribution is 1.22. The molecule has 0 aliphatic heterocycles. The van der Waals surface area contributed by atoms with E-state index in [1.54, 1.807) is 0 Å². The van der Waals surface area contributed by atoms with Gasteiger partial charge in [0.2, 0.25) is 0 Å². The zero-order valence-electron chi connectivity index (χ0n) is 6.91. The average molecular weight is 175 g/mol. The van der Waals surface area contributed by atoms with Crippen LogP contribution in [0, 0.1) is 6.92 Å². The van der Waals surface area contributed by atoms with E-state index in [0.717, 1.165) is 5.69 Å². The number of hydrogen-bond acceptors (Lipinski definition) is 1. The molecule has 0 spiro atoms. The Balaban J connectivity index is 2.79. The molecule has 1 nitrogen and oxygen atoms in total. The van der Waals surface area contributed by atoms with Crippen molar-refractivity contribution in [1.29, 1.82) is 0 Å². The second-order valence-electron chi connectivity index (χ2n) is 2.93. The van der Waals surface area contributed by atoms with Gasteiger partial charge in [-0.05, 0) is 29.7 Å². The van der Waals surface area contributed by atoms with Gasteiger partial charge in [0.1, 0.15) is 0 Å². The summed E-state index contributed by atoms with van der Waals surface area (Å²) < 4.78 is 0. The van der Waals surface area contributed by atoms with Crippen LogP contribution in [0.4, 0.5) is 0 Å². The molecule has 0 aliphatic carbocycles. The van der Waals surface area contributed by atoms with Gasteiger partial charge in [-0.15, -0.1) is 9.24 Å². The van der Waals surface area contributed by atoms with E-state index in [1.807, 2.05) is 13.1 Å². The van der Waals surface area contributed by atoms with E-state index in [-0.39, 0.29) is 0 Å². The molecule has 2 aromatic rings. The summed E-state index contributed by atoms with van der Waals surface area (Å²) >= 11 is 0. The third-order valence-corrected chi connectivity index (χ3v) is 2.24. The minimum absolute atomic E-state index is 1.07. The number of hydrogen-bond donors (Lipinski definition) is 0. The van der Waals surface area contributed by atoms with Gasteiger partial charge in [0.15, 0.2) is 0 Å². The highest BCUT2D eigenvalue weighted by atomic mass is 31.0. The van der Waals surface area contributed by atoms with E-state index in [4.69, 9.17) is 0 Å². The lowest BCUT2D eigenvalue weighted by Gasteiger charge is -1.99. The maximum atomic E-state index is 4.24.